The number of benzene rings is 1. The first kappa shape index (κ1) is 23.8. The number of aliphatic imine (C=N–C) groups is 1. The van der Waals surface area contributed by atoms with Gasteiger partial charge in [-0.05, 0) is 47.9 Å². The second kappa shape index (κ2) is 11.5. The molecule has 5 nitrogen and oxygen atoms in total. The lowest BCUT2D eigenvalue weighted by atomic mass is 9.86. The summed E-state index contributed by atoms with van der Waals surface area (Å²) >= 11 is 6.09. The first-order valence-corrected chi connectivity index (χ1v) is 9.42. The van der Waals surface area contributed by atoms with Crippen LogP contribution in [0.15, 0.2) is 41.7 Å². The molecule has 0 aliphatic heterocycles. The van der Waals surface area contributed by atoms with Gasteiger partial charge in [-0.15, -0.1) is 24.0 Å². The second-order valence-electron chi connectivity index (χ2n) is 7.45. The topological polar surface area (TPSA) is 54.2 Å². The van der Waals surface area contributed by atoms with Crippen LogP contribution in [-0.4, -0.2) is 35.9 Å². The van der Waals surface area contributed by atoms with E-state index in [4.69, 9.17) is 11.6 Å². The van der Waals surface area contributed by atoms with E-state index in [2.05, 4.69) is 46.8 Å². The number of aromatic nitrogens is 2. The van der Waals surface area contributed by atoms with Gasteiger partial charge in [-0.2, -0.15) is 5.10 Å². The minimum absolute atomic E-state index is 0. The second-order valence-corrected chi connectivity index (χ2v) is 7.89. The SMILES string of the molecule is CN=C(NCCCc1cnn(C)c1)NCC(C)(C)Cc1cccc(Cl)c1.I. The Balaban J connectivity index is 0.00000364. The minimum Gasteiger partial charge on any atom is -0.356 e. The van der Waals surface area contributed by atoms with E-state index < -0.39 is 0 Å². The highest BCUT2D eigenvalue weighted by Crippen LogP contribution is 2.22. The third-order valence-electron chi connectivity index (χ3n) is 4.22. The predicted octanol–water partition coefficient (Wildman–Crippen LogP) is 4.06. The minimum atomic E-state index is 0. The van der Waals surface area contributed by atoms with E-state index in [1.165, 1.54) is 11.1 Å². The lowest BCUT2D eigenvalue weighted by Gasteiger charge is -2.26. The molecule has 2 rings (SSSR count). The Morgan fingerprint density at radius 2 is 2.04 bits per heavy atom. The molecular weight excluding hydrogens is 473 g/mol. The highest BCUT2D eigenvalue weighted by molar-refractivity contribution is 14.0. The Kier molecular flexibility index (Phi) is 10.2. The lowest BCUT2D eigenvalue weighted by Crippen LogP contribution is -2.43. The molecule has 150 valence electrons. The van der Waals surface area contributed by atoms with Crippen molar-refractivity contribution >= 4 is 41.5 Å². The number of aryl methyl sites for hydroxylation is 2. The maximum Gasteiger partial charge on any atom is 0.190 e. The molecule has 2 N–H and O–H groups in total. The maximum absolute atomic E-state index is 6.09. The number of halogens is 2. The van der Waals surface area contributed by atoms with E-state index in [-0.39, 0.29) is 29.4 Å². The summed E-state index contributed by atoms with van der Waals surface area (Å²) in [6, 6.07) is 8.07. The van der Waals surface area contributed by atoms with E-state index in [1.807, 2.05) is 36.1 Å². The van der Waals surface area contributed by atoms with Crippen molar-refractivity contribution in [3.63, 3.8) is 0 Å². The molecule has 27 heavy (non-hydrogen) atoms. The Morgan fingerprint density at radius 3 is 2.67 bits per heavy atom. The molecule has 0 saturated heterocycles. The molecule has 1 aromatic carbocycles. The van der Waals surface area contributed by atoms with Crippen LogP contribution in [0.4, 0.5) is 0 Å². The number of nitrogens with one attached hydrogen (secondary N) is 2. The Labute approximate surface area is 185 Å². The average Bonchev–Trinajstić information content (AvgIpc) is 2.99. The first-order valence-electron chi connectivity index (χ1n) is 9.04. The first-order chi connectivity index (χ1) is 12.4. The third kappa shape index (κ3) is 8.97. The van der Waals surface area contributed by atoms with Crippen LogP contribution in [0.3, 0.4) is 0 Å². The van der Waals surface area contributed by atoms with E-state index in [0.717, 1.165) is 43.3 Å². The summed E-state index contributed by atoms with van der Waals surface area (Å²) in [6.07, 6.45) is 6.99. The quantitative estimate of drug-likeness (QED) is 0.247. The largest absolute Gasteiger partial charge is 0.356 e. The summed E-state index contributed by atoms with van der Waals surface area (Å²) in [6.45, 7) is 6.21. The molecule has 0 aliphatic rings. The van der Waals surface area contributed by atoms with Crippen LogP contribution >= 0.6 is 35.6 Å². The zero-order valence-electron chi connectivity index (χ0n) is 16.6. The predicted molar refractivity (Wildman–Crippen MR) is 125 cm³/mol. The highest BCUT2D eigenvalue weighted by atomic mass is 127. The van der Waals surface area contributed by atoms with Crippen LogP contribution in [-0.2, 0) is 19.9 Å². The van der Waals surface area contributed by atoms with Crippen LogP contribution < -0.4 is 10.6 Å². The standard InChI is InChI=1S/C20H30ClN5.HI/c1-20(2,12-16-7-5-9-18(21)11-16)15-24-19(22-3)23-10-6-8-17-13-25-26(4)14-17;/h5,7,9,11,13-14H,6,8,10,12,15H2,1-4H3,(H2,22,23,24);1H. The van der Waals surface area contributed by atoms with Gasteiger partial charge >= 0.3 is 0 Å². The van der Waals surface area contributed by atoms with Gasteiger partial charge in [-0.3, -0.25) is 9.67 Å². The average molecular weight is 504 g/mol. The van der Waals surface area contributed by atoms with Crippen molar-refractivity contribution in [2.24, 2.45) is 17.5 Å². The van der Waals surface area contributed by atoms with E-state index >= 15 is 0 Å². The fourth-order valence-corrected chi connectivity index (χ4v) is 3.12. The molecule has 0 spiro atoms. The van der Waals surface area contributed by atoms with Crippen molar-refractivity contribution in [2.45, 2.75) is 33.1 Å². The normalized spacial score (nSPS) is 11.8. The van der Waals surface area contributed by atoms with E-state index in [0.29, 0.717) is 0 Å². The molecule has 0 saturated carbocycles. The van der Waals surface area contributed by atoms with Gasteiger partial charge in [0.15, 0.2) is 5.96 Å². The van der Waals surface area contributed by atoms with E-state index in [1.54, 1.807) is 7.05 Å². The fraction of sp³-hybridized carbons (Fsp3) is 0.500. The molecule has 2 aromatic rings. The molecule has 7 heteroatoms. The molecule has 1 heterocycles. The molecule has 0 bridgehead atoms. The summed E-state index contributed by atoms with van der Waals surface area (Å²) in [7, 11) is 3.75. The number of guanidine groups is 1. The van der Waals surface area contributed by atoms with Crippen molar-refractivity contribution < 1.29 is 0 Å². The van der Waals surface area contributed by atoms with Crippen molar-refractivity contribution in [3.05, 3.63) is 52.8 Å². The lowest BCUT2D eigenvalue weighted by molar-refractivity contribution is 0.359. The number of rotatable bonds is 8. The molecule has 1 aromatic heterocycles. The summed E-state index contributed by atoms with van der Waals surface area (Å²) in [5.41, 5.74) is 2.61. The molecule has 0 amide bonds. The van der Waals surface area contributed by atoms with Gasteiger partial charge in [0, 0.05) is 38.4 Å². The van der Waals surface area contributed by atoms with Crippen molar-refractivity contribution in [1.82, 2.24) is 20.4 Å². The summed E-state index contributed by atoms with van der Waals surface area (Å²) in [4.78, 5) is 4.32. The van der Waals surface area contributed by atoms with Crippen molar-refractivity contribution in [1.29, 1.82) is 0 Å². The molecule has 0 atom stereocenters. The summed E-state index contributed by atoms with van der Waals surface area (Å²) in [5, 5.41) is 11.8. The molecule has 0 fully saturated rings. The fourth-order valence-electron chi connectivity index (χ4n) is 2.91. The van der Waals surface area contributed by atoms with Gasteiger partial charge in [0.1, 0.15) is 0 Å². The van der Waals surface area contributed by atoms with Gasteiger partial charge in [0.05, 0.1) is 6.20 Å². The van der Waals surface area contributed by atoms with Crippen molar-refractivity contribution in [3.8, 4) is 0 Å². The Bertz CT molecular complexity index is 727. The zero-order chi connectivity index (χ0) is 19.0. The molecule has 0 radical (unpaired) electrons. The van der Waals surface area contributed by atoms with Gasteiger partial charge in [0.2, 0.25) is 0 Å². The number of hydrogen-bond acceptors (Lipinski definition) is 2. The zero-order valence-corrected chi connectivity index (χ0v) is 19.7. The summed E-state index contributed by atoms with van der Waals surface area (Å²) in [5.74, 6) is 0.843. The van der Waals surface area contributed by atoms with Crippen LogP contribution in [0.25, 0.3) is 0 Å². The van der Waals surface area contributed by atoms with Gasteiger partial charge in [0.25, 0.3) is 0 Å². The van der Waals surface area contributed by atoms with Crippen LogP contribution in [0, 0.1) is 5.41 Å². The van der Waals surface area contributed by atoms with Crippen LogP contribution in [0.5, 0.6) is 0 Å². The highest BCUT2D eigenvalue weighted by Gasteiger charge is 2.19. The Hall–Kier alpha value is -1.28. The van der Waals surface area contributed by atoms with Gasteiger partial charge in [-0.1, -0.05) is 37.6 Å². The maximum atomic E-state index is 6.09. The van der Waals surface area contributed by atoms with E-state index in [9.17, 15) is 0 Å². The molecule has 0 aliphatic carbocycles. The summed E-state index contributed by atoms with van der Waals surface area (Å²) < 4.78 is 1.84. The van der Waals surface area contributed by atoms with Crippen LogP contribution in [0.2, 0.25) is 5.02 Å². The van der Waals surface area contributed by atoms with Gasteiger partial charge < -0.3 is 10.6 Å². The van der Waals surface area contributed by atoms with Crippen LogP contribution in [0.1, 0.15) is 31.4 Å². The number of hydrogen-bond donors (Lipinski definition) is 2. The Morgan fingerprint density at radius 1 is 1.26 bits per heavy atom. The third-order valence-corrected chi connectivity index (χ3v) is 4.46. The van der Waals surface area contributed by atoms with Gasteiger partial charge in [-0.25, -0.2) is 0 Å². The molecule has 0 unspecified atom stereocenters. The smallest absolute Gasteiger partial charge is 0.190 e. The van der Waals surface area contributed by atoms with Crippen molar-refractivity contribution in [2.75, 3.05) is 20.1 Å². The monoisotopic (exact) mass is 503 g/mol. The number of nitrogens with zero attached hydrogens (tertiary/aromatic N) is 3. The molecular formula is C20H31ClIN5.